The predicted octanol–water partition coefficient (Wildman–Crippen LogP) is 1.91. The molecule has 0 aliphatic heterocycles. The number of rotatable bonds is 11. The Bertz CT molecular complexity index is 697. The van der Waals surface area contributed by atoms with E-state index in [4.69, 9.17) is 4.74 Å². The number of halogens is 1. The normalized spacial score (nSPS) is 12.6. The highest BCUT2D eigenvalue weighted by atomic mass is 79.9. The highest BCUT2D eigenvalue weighted by Crippen LogP contribution is 2.06. The fourth-order valence-electron chi connectivity index (χ4n) is 2.39. The van der Waals surface area contributed by atoms with E-state index in [2.05, 4.69) is 31.9 Å². The van der Waals surface area contributed by atoms with Crippen molar-refractivity contribution >= 4 is 39.6 Å². The molecule has 0 radical (unpaired) electrons. The van der Waals surface area contributed by atoms with Crippen molar-refractivity contribution in [3.63, 3.8) is 0 Å². The molecule has 3 amide bonds. The summed E-state index contributed by atoms with van der Waals surface area (Å²) in [5.74, 6) is -1.00. The van der Waals surface area contributed by atoms with Crippen molar-refractivity contribution in [1.29, 1.82) is 0 Å². The lowest BCUT2D eigenvalue weighted by atomic mass is 10.0. The van der Waals surface area contributed by atoms with E-state index in [9.17, 15) is 19.2 Å². The van der Waals surface area contributed by atoms with Gasteiger partial charge in [0.1, 0.15) is 19.2 Å². The first-order chi connectivity index (χ1) is 13.7. The number of benzene rings is 1. The minimum atomic E-state index is -0.810. The lowest BCUT2D eigenvalue weighted by Gasteiger charge is -2.22. The van der Waals surface area contributed by atoms with Crippen molar-refractivity contribution in [3.05, 3.63) is 35.9 Å². The van der Waals surface area contributed by atoms with Crippen molar-refractivity contribution in [2.45, 2.75) is 45.9 Å². The van der Waals surface area contributed by atoms with Gasteiger partial charge in [-0.25, -0.2) is 4.79 Å². The molecular formula is C20H28BrN3O5. The van der Waals surface area contributed by atoms with Gasteiger partial charge in [0.25, 0.3) is 0 Å². The fourth-order valence-corrected chi connectivity index (χ4v) is 2.87. The van der Waals surface area contributed by atoms with Gasteiger partial charge in [-0.1, -0.05) is 60.1 Å². The Morgan fingerprint density at radius 1 is 1.03 bits per heavy atom. The molecule has 1 aromatic rings. The van der Waals surface area contributed by atoms with E-state index in [0.29, 0.717) is 6.42 Å². The Morgan fingerprint density at radius 2 is 1.69 bits per heavy atom. The molecule has 9 heteroatoms. The molecule has 0 unspecified atom stereocenters. The zero-order valence-corrected chi connectivity index (χ0v) is 18.5. The molecule has 0 saturated heterocycles. The Hall–Kier alpha value is -2.42. The van der Waals surface area contributed by atoms with Crippen LogP contribution in [0.5, 0.6) is 0 Å². The van der Waals surface area contributed by atoms with Gasteiger partial charge in [-0.3, -0.25) is 14.4 Å². The first-order valence-electron chi connectivity index (χ1n) is 9.35. The molecule has 8 nitrogen and oxygen atoms in total. The minimum Gasteiger partial charge on any atom is -0.445 e. The molecule has 29 heavy (non-hydrogen) atoms. The third-order valence-electron chi connectivity index (χ3n) is 3.94. The number of nitrogens with one attached hydrogen (secondary N) is 3. The molecule has 2 atom stereocenters. The minimum absolute atomic E-state index is 0.0894. The molecule has 0 bridgehead atoms. The average Bonchev–Trinajstić information content (AvgIpc) is 2.69. The van der Waals surface area contributed by atoms with Gasteiger partial charge in [0.15, 0.2) is 5.78 Å². The summed E-state index contributed by atoms with van der Waals surface area (Å²) >= 11 is 3.06. The van der Waals surface area contributed by atoms with E-state index in [-0.39, 0.29) is 30.2 Å². The number of amides is 3. The molecule has 0 aliphatic rings. The highest BCUT2D eigenvalue weighted by Gasteiger charge is 2.25. The van der Waals surface area contributed by atoms with Gasteiger partial charge in [0.2, 0.25) is 11.8 Å². The lowest BCUT2D eigenvalue weighted by Crippen LogP contribution is -2.53. The van der Waals surface area contributed by atoms with E-state index >= 15 is 0 Å². The summed E-state index contributed by atoms with van der Waals surface area (Å²) in [4.78, 5) is 48.0. The highest BCUT2D eigenvalue weighted by molar-refractivity contribution is 9.09. The van der Waals surface area contributed by atoms with Gasteiger partial charge in [-0.05, 0) is 24.8 Å². The Morgan fingerprint density at radius 3 is 2.28 bits per heavy atom. The number of carbonyl (C=O) groups excluding carboxylic acids is 4. The standard InChI is InChI=1S/C20H28BrN3O5/c1-13(2)9-16(19(27)23-14(3)17(25)10-21)24-18(26)11-22-20(28)29-12-15-7-5-4-6-8-15/h4-8,13-14,16H,9-12H2,1-3H3,(H,22,28)(H,23,27)(H,24,26)/t14-,16-/m0/s1. The monoisotopic (exact) mass is 469 g/mol. The smallest absolute Gasteiger partial charge is 0.407 e. The summed E-state index contributed by atoms with van der Waals surface area (Å²) in [5.41, 5.74) is 0.827. The number of alkyl halides is 1. The van der Waals surface area contributed by atoms with Crippen molar-refractivity contribution < 1.29 is 23.9 Å². The second kappa shape index (κ2) is 12.9. The van der Waals surface area contributed by atoms with Crippen LogP contribution in [0.25, 0.3) is 0 Å². The van der Waals surface area contributed by atoms with Crippen LogP contribution in [0, 0.1) is 5.92 Å². The molecule has 3 N–H and O–H groups in total. The summed E-state index contributed by atoms with van der Waals surface area (Å²) in [6.45, 7) is 5.18. The van der Waals surface area contributed by atoms with Crippen LogP contribution in [0.2, 0.25) is 0 Å². The van der Waals surface area contributed by atoms with Gasteiger partial charge in [0, 0.05) is 0 Å². The molecule has 160 valence electrons. The molecule has 1 aromatic carbocycles. The molecule has 0 aromatic heterocycles. The third kappa shape index (κ3) is 10.1. The maximum Gasteiger partial charge on any atom is 0.407 e. The second-order valence-electron chi connectivity index (χ2n) is 7.00. The molecule has 0 saturated carbocycles. The van der Waals surface area contributed by atoms with Crippen molar-refractivity contribution in [3.8, 4) is 0 Å². The van der Waals surface area contributed by atoms with Crippen LogP contribution >= 0.6 is 15.9 Å². The summed E-state index contributed by atoms with van der Waals surface area (Å²) in [6.07, 6.45) is -0.337. The van der Waals surface area contributed by atoms with Gasteiger partial charge >= 0.3 is 6.09 Å². The number of ketones is 1. The second-order valence-corrected chi connectivity index (χ2v) is 7.56. The van der Waals surface area contributed by atoms with E-state index < -0.39 is 30.0 Å². The van der Waals surface area contributed by atoms with Crippen molar-refractivity contribution in [2.75, 3.05) is 11.9 Å². The summed E-state index contributed by atoms with van der Waals surface area (Å²) in [7, 11) is 0. The zero-order chi connectivity index (χ0) is 21.8. The molecule has 0 heterocycles. The maximum absolute atomic E-state index is 12.4. The van der Waals surface area contributed by atoms with Crippen molar-refractivity contribution in [1.82, 2.24) is 16.0 Å². The summed E-state index contributed by atoms with van der Waals surface area (Å²) in [5, 5.41) is 7.68. The number of alkyl carbamates (subject to hydrolysis) is 1. The number of hydrogen-bond acceptors (Lipinski definition) is 5. The first-order valence-corrected chi connectivity index (χ1v) is 10.5. The summed E-state index contributed by atoms with van der Waals surface area (Å²) < 4.78 is 5.04. The van der Waals surface area contributed by atoms with E-state index in [0.717, 1.165) is 5.56 Å². The Labute approximate surface area is 179 Å². The Kier molecular flexibility index (Phi) is 11.0. The Balaban J connectivity index is 2.49. The molecule has 0 fully saturated rings. The first kappa shape index (κ1) is 24.6. The summed E-state index contributed by atoms with van der Waals surface area (Å²) in [6, 6.07) is 7.67. The van der Waals surface area contributed by atoms with Crippen LogP contribution in [0.4, 0.5) is 4.79 Å². The zero-order valence-electron chi connectivity index (χ0n) is 16.9. The molecule has 0 aliphatic carbocycles. The topological polar surface area (TPSA) is 114 Å². The van der Waals surface area contributed by atoms with Gasteiger partial charge in [-0.2, -0.15) is 0 Å². The van der Waals surface area contributed by atoms with Gasteiger partial charge < -0.3 is 20.7 Å². The van der Waals surface area contributed by atoms with Crippen LogP contribution in [-0.2, 0) is 25.7 Å². The number of hydrogen-bond donors (Lipinski definition) is 3. The van der Waals surface area contributed by atoms with Crippen LogP contribution in [-0.4, -0.2) is 47.6 Å². The van der Waals surface area contributed by atoms with Crippen LogP contribution in [0.3, 0.4) is 0 Å². The van der Waals surface area contributed by atoms with Crippen LogP contribution in [0.1, 0.15) is 32.8 Å². The van der Waals surface area contributed by atoms with Crippen LogP contribution < -0.4 is 16.0 Å². The molecule has 0 spiro atoms. The maximum atomic E-state index is 12.4. The van der Waals surface area contributed by atoms with Crippen LogP contribution in [0.15, 0.2) is 30.3 Å². The third-order valence-corrected chi connectivity index (χ3v) is 4.49. The molecule has 1 rings (SSSR count). The average molecular weight is 470 g/mol. The van der Waals surface area contributed by atoms with Gasteiger partial charge in [-0.15, -0.1) is 0 Å². The van der Waals surface area contributed by atoms with E-state index in [1.165, 1.54) is 0 Å². The number of Topliss-reactive ketones (excluding diaryl/α,β-unsaturated/α-hetero) is 1. The number of ether oxygens (including phenoxy) is 1. The number of carbonyl (C=O) groups is 4. The van der Waals surface area contributed by atoms with Gasteiger partial charge in [0.05, 0.1) is 11.4 Å². The quantitative estimate of drug-likeness (QED) is 0.428. The SMILES string of the molecule is CC(C)C[C@H](NC(=O)CNC(=O)OCc1ccccc1)C(=O)N[C@@H](C)C(=O)CBr. The van der Waals surface area contributed by atoms with Crippen molar-refractivity contribution in [2.24, 2.45) is 5.92 Å². The lowest BCUT2D eigenvalue weighted by molar-refractivity contribution is -0.130. The predicted molar refractivity (Wildman–Crippen MR) is 112 cm³/mol. The van der Waals surface area contributed by atoms with E-state index in [1.807, 2.05) is 44.2 Å². The fraction of sp³-hybridized carbons (Fsp3) is 0.500. The molecular weight excluding hydrogens is 442 g/mol. The largest absolute Gasteiger partial charge is 0.445 e. The van der Waals surface area contributed by atoms with E-state index in [1.54, 1.807) is 6.92 Å².